The van der Waals surface area contributed by atoms with Crippen molar-refractivity contribution >= 4 is 17.0 Å². The van der Waals surface area contributed by atoms with Gasteiger partial charge in [-0.15, -0.1) is 11.3 Å². The predicted molar refractivity (Wildman–Crippen MR) is 73.8 cm³/mol. The molecule has 2 nitrogen and oxygen atoms in total. The van der Waals surface area contributed by atoms with Gasteiger partial charge in [-0.2, -0.15) is 0 Å². The van der Waals surface area contributed by atoms with E-state index in [1.807, 2.05) is 0 Å². The molecule has 0 amide bonds. The minimum Gasteiger partial charge on any atom is -0.326 e. The lowest BCUT2D eigenvalue weighted by atomic mass is 10.1. The number of hydrogen-bond donors (Lipinski definition) is 0. The van der Waals surface area contributed by atoms with Gasteiger partial charge in [0.25, 0.3) is 0 Å². The molecule has 0 aliphatic carbocycles. The number of hydrogen-bond acceptors (Lipinski definition) is 2. The van der Waals surface area contributed by atoms with Crippen LogP contribution >= 0.6 is 11.3 Å². The van der Waals surface area contributed by atoms with Crippen LogP contribution in [0, 0.1) is 13.8 Å². The Hall–Kier alpha value is -1.35. The van der Waals surface area contributed by atoms with Gasteiger partial charge in [-0.1, -0.05) is 24.6 Å². The molecule has 1 aromatic heterocycles. The first-order valence-electron chi connectivity index (χ1n) is 5.87. The van der Waals surface area contributed by atoms with Crippen molar-refractivity contribution in [2.45, 2.75) is 27.2 Å². The Morgan fingerprint density at radius 3 is 2.65 bits per heavy atom. The molecular weight excluding hydrogens is 228 g/mol. The molecule has 0 aliphatic rings. The highest BCUT2D eigenvalue weighted by Gasteiger charge is 2.00. The Morgan fingerprint density at radius 2 is 2.06 bits per heavy atom. The lowest BCUT2D eigenvalue weighted by Gasteiger charge is -2.00. The van der Waals surface area contributed by atoms with Gasteiger partial charge in [-0.25, -0.2) is 4.99 Å². The van der Waals surface area contributed by atoms with Gasteiger partial charge in [0.2, 0.25) is 0 Å². The first-order valence-corrected chi connectivity index (χ1v) is 6.69. The van der Waals surface area contributed by atoms with Crippen LogP contribution in [0.25, 0.3) is 0 Å². The second-order valence-corrected chi connectivity index (χ2v) is 5.44. The second kappa shape index (κ2) is 4.88. The summed E-state index contributed by atoms with van der Waals surface area (Å²) in [5.74, 6) is 0. The highest BCUT2D eigenvalue weighted by atomic mass is 32.1. The van der Waals surface area contributed by atoms with Crippen LogP contribution in [0.4, 0.5) is 5.69 Å². The molecule has 1 heterocycles. The number of aryl methyl sites for hydroxylation is 4. The fourth-order valence-electron chi connectivity index (χ4n) is 1.79. The number of rotatable bonds is 2. The van der Waals surface area contributed by atoms with Crippen LogP contribution in [0.15, 0.2) is 29.4 Å². The van der Waals surface area contributed by atoms with Crippen molar-refractivity contribution in [1.82, 2.24) is 4.57 Å². The maximum Gasteiger partial charge on any atom is 0.189 e. The van der Waals surface area contributed by atoms with Gasteiger partial charge in [0.15, 0.2) is 4.80 Å². The SMILES string of the molecule is CCc1cn(C)c(=Nc2ccc(C)cc2C)s1. The normalized spacial score (nSPS) is 12.1. The lowest BCUT2D eigenvalue weighted by Crippen LogP contribution is -2.08. The molecule has 0 atom stereocenters. The van der Waals surface area contributed by atoms with Crippen molar-refractivity contribution in [3.05, 3.63) is 45.2 Å². The molecule has 0 N–H and O–H groups in total. The molecule has 1 aromatic carbocycles. The molecule has 0 fully saturated rings. The smallest absolute Gasteiger partial charge is 0.189 e. The molecule has 3 heteroatoms. The van der Waals surface area contributed by atoms with E-state index in [4.69, 9.17) is 4.99 Å². The van der Waals surface area contributed by atoms with Crippen LogP contribution in [0.2, 0.25) is 0 Å². The fraction of sp³-hybridized carbons (Fsp3) is 0.357. The summed E-state index contributed by atoms with van der Waals surface area (Å²) in [7, 11) is 2.05. The van der Waals surface area contributed by atoms with Crippen LogP contribution in [0.3, 0.4) is 0 Å². The van der Waals surface area contributed by atoms with Gasteiger partial charge in [-0.3, -0.25) is 0 Å². The molecular formula is C14H18N2S. The third-order valence-corrected chi connectivity index (χ3v) is 4.00. The van der Waals surface area contributed by atoms with E-state index < -0.39 is 0 Å². The minimum absolute atomic E-state index is 1.06. The highest BCUT2D eigenvalue weighted by Crippen LogP contribution is 2.19. The lowest BCUT2D eigenvalue weighted by molar-refractivity contribution is 0.866. The van der Waals surface area contributed by atoms with Crippen molar-refractivity contribution in [3.8, 4) is 0 Å². The summed E-state index contributed by atoms with van der Waals surface area (Å²) < 4.78 is 2.10. The van der Waals surface area contributed by atoms with E-state index in [1.54, 1.807) is 11.3 Å². The zero-order valence-corrected chi connectivity index (χ0v) is 11.6. The van der Waals surface area contributed by atoms with Crippen molar-refractivity contribution < 1.29 is 0 Å². The monoisotopic (exact) mass is 246 g/mol. The first-order chi connectivity index (χ1) is 8.10. The van der Waals surface area contributed by atoms with Crippen LogP contribution in [0.5, 0.6) is 0 Å². The fourth-order valence-corrected chi connectivity index (χ4v) is 2.72. The Morgan fingerprint density at radius 1 is 1.29 bits per heavy atom. The Balaban J connectivity index is 2.50. The second-order valence-electron chi connectivity index (χ2n) is 4.35. The van der Waals surface area contributed by atoms with Crippen molar-refractivity contribution in [3.63, 3.8) is 0 Å². The standard InChI is InChI=1S/C14H18N2S/c1-5-12-9-16(4)14(17-12)15-13-7-6-10(2)8-11(13)3/h6-9H,5H2,1-4H3. The maximum absolute atomic E-state index is 4.73. The minimum atomic E-state index is 1.06. The topological polar surface area (TPSA) is 17.3 Å². The van der Waals surface area contributed by atoms with Crippen molar-refractivity contribution in [2.75, 3.05) is 0 Å². The van der Waals surface area contributed by atoms with Gasteiger partial charge in [0, 0.05) is 18.1 Å². The van der Waals surface area contributed by atoms with Gasteiger partial charge in [-0.05, 0) is 31.9 Å². The van der Waals surface area contributed by atoms with Crippen molar-refractivity contribution in [1.29, 1.82) is 0 Å². The summed E-state index contributed by atoms with van der Waals surface area (Å²) in [6.07, 6.45) is 3.23. The van der Waals surface area contributed by atoms with E-state index >= 15 is 0 Å². The van der Waals surface area contributed by atoms with Crippen molar-refractivity contribution in [2.24, 2.45) is 12.0 Å². The van der Waals surface area contributed by atoms with E-state index in [0.29, 0.717) is 0 Å². The van der Waals surface area contributed by atoms with E-state index in [0.717, 1.165) is 16.9 Å². The van der Waals surface area contributed by atoms with Gasteiger partial charge >= 0.3 is 0 Å². The molecule has 90 valence electrons. The molecule has 0 saturated carbocycles. The molecule has 17 heavy (non-hydrogen) atoms. The van der Waals surface area contributed by atoms with Gasteiger partial charge < -0.3 is 4.57 Å². The third kappa shape index (κ3) is 2.67. The summed E-state index contributed by atoms with van der Waals surface area (Å²) >= 11 is 1.76. The predicted octanol–water partition coefficient (Wildman–Crippen LogP) is 3.50. The Labute approximate surface area is 106 Å². The highest BCUT2D eigenvalue weighted by molar-refractivity contribution is 7.09. The van der Waals surface area contributed by atoms with Crippen LogP contribution in [-0.4, -0.2) is 4.57 Å². The van der Waals surface area contributed by atoms with Crippen LogP contribution in [-0.2, 0) is 13.5 Å². The van der Waals surface area contributed by atoms with Crippen LogP contribution < -0.4 is 4.80 Å². The number of thiazole rings is 1. The molecule has 0 saturated heterocycles. The Kier molecular flexibility index (Phi) is 3.48. The third-order valence-electron chi connectivity index (χ3n) is 2.78. The first kappa shape index (κ1) is 12.1. The molecule has 0 aliphatic heterocycles. The number of benzene rings is 1. The molecule has 0 unspecified atom stereocenters. The van der Waals surface area contributed by atoms with E-state index in [-0.39, 0.29) is 0 Å². The van der Waals surface area contributed by atoms with Gasteiger partial charge in [0.05, 0.1) is 5.69 Å². The number of aromatic nitrogens is 1. The quantitative estimate of drug-likeness (QED) is 0.771. The average Bonchev–Trinajstić information content (AvgIpc) is 2.64. The molecule has 0 spiro atoms. The summed E-state index contributed by atoms with van der Waals surface area (Å²) in [5, 5.41) is 0. The Bertz CT molecular complexity index is 591. The molecule has 0 radical (unpaired) electrons. The number of nitrogens with zero attached hydrogens (tertiary/aromatic N) is 2. The average molecular weight is 246 g/mol. The van der Waals surface area contributed by atoms with Gasteiger partial charge in [0.1, 0.15) is 0 Å². The molecule has 2 rings (SSSR count). The van der Waals surface area contributed by atoms with E-state index in [2.05, 4.69) is 56.8 Å². The van der Waals surface area contributed by atoms with E-state index in [9.17, 15) is 0 Å². The van der Waals surface area contributed by atoms with Crippen LogP contribution in [0.1, 0.15) is 22.9 Å². The zero-order chi connectivity index (χ0) is 12.4. The summed E-state index contributed by atoms with van der Waals surface area (Å²) in [4.78, 5) is 7.17. The summed E-state index contributed by atoms with van der Waals surface area (Å²) in [6, 6.07) is 6.38. The summed E-state index contributed by atoms with van der Waals surface area (Å²) in [6.45, 7) is 6.39. The zero-order valence-electron chi connectivity index (χ0n) is 10.8. The molecule has 0 bridgehead atoms. The maximum atomic E-state index is 4.73. The summed E-state index contributed by atoms with van der Waals surface area (Å²) in [5.41, 5.74) is 3.58. The van der Waals surface area contributed by atoms with E-state index in [1.165, 1.54) is 16.0 Å². The largest absolute Gasteiger partial charge is 0.326 e. The molecule has 2 aromatic rings.